The van der Waals surface area contributed by atoms with Gasteiger partial charge in [0.2, 0.25) is 5.91 Å². The number of nitrogens with one attached hydrogen (secondary N) is 2. The Labute approximate surface area is 266 Å². The van der Waals surface area contributed by atoms with Crippen LogP contribution in [0.15, 0.2) is 67.3 Å². The van der Waals surface area contributed by atoms with Crippen molar-refractivity contribution in [1.29, 1.82) is 0 Å². The van der Waals surface area contributed by atoms with Crippen LogP contribution in [0.2, 0.25) is 10.0 Å². The van der Waals surface area contributed by atoms with E-state index in [1.165, 1.54) is 26.4 Å². The Morgan fingerprint density at radius 2 is 1.64 bits per heavy atom. The Morgan fingerprint density at radius 3 is 2.27 bits per heavy atom. The number of aromatic nitrogens is 1. The number of amides is 1. The first kappa shape index (κ1) is 31.1. The molecule has 1 aliphatic rings. The summed E-state index contributed by atoms with van der Waals surface area (Å²) in [6.45, 7) is 10.6. The Bertz CT molecular complexity index is 1710. The van der Waals surface area contributed by atoms with Gasteiger partial charge < -0.3 is 29.9 Å². The van der Waals surface area contributed by atoms with Crippen molar-refractivity contribution in [2.24, 2.45) is 0 Å². The van der Waals surface area contributed by atoms with E-state index in [1.807, 2.05) is 30.3 Å². The normalized spacial score (nSPS) is 13.4. The summed E-state index contributed by atoms with van der Waals surface area (Å²) >= 11 is 13.0. The topological polar surface area (TPSA) is 96.0 Å². The van der Waals surface area contributed by atoms with Gasteiger partial charge in [0.15, 0.2) is 5.78 Å². The van der Waals surface area contributed by atoms with Crippen LogP contribution in [0.4, 0.5) is 22.9 Å². The molecule has 0 atom stereocenters. The van der Waals surface area contributed by atoms with Crippen LogP contribution in [0.1, 0.15) is 22.8 Å². The van der Waals surface area contributed by atoms with Crippen LogP contribution in [-0.2, 0) is 4.79 Å². The molecule has 1 amide bonds. The molecule has 9 nitrogen and oxygen atoms in total. The lowest BCUT2D eigenvalue weighted by Crippen LogP contribution is -2.46. The Morgan fingerprint density at radius 1 is 0.932 bits per heavy atom. The van der Waals surface area contributed by atoms with Crippen molar-refractivity contribution < 1.29 is 19.1 Å². The van der Waals surface area contributed by atoms with Crippen LogP contribution < -0.4 is 25.0 Å². The van der Waals surface area contributed by atoms with E-state index < -0.39 is 0 Å². The number of carbonyl (C=O) groups excluding carboxylic acids is 2. The van der Waals surface area contributed by atoms with E-state index in [4.69, 9.17) is 37.7 Å². The number of rotatable bonds is 10. The fourth-order valence-corrected chi connectivity index (χ4v) is 5.82. The molecule has 0 radical (unpaired) electrons. The number of likely N-dealkylation sites (N-methyl/N-ethyl adjacent to an activating group) is 1. The van der Waals surface area contributed by atoms with Crippen LogP contribution in [0, 0.1) is 0 Å². The van der Waals surface area contributed by atoms with Gasteiger partial charge in [-0.1, -0.05) is 36.7 Å². The van der Waals surface area contributed by atoms with Crippen molar-refractivity contribution in [1.82, 2.24) is 9.88 Å². The summed E-state index contributed by atoms with van der Waals surface area (Å²) in [4.78, 5) is 35.3. The van der Waals surface area contributed by atoms with Gasteiger partial charge in [-0.25, -0.2) is 4.98 Å². The van der Waals surface area contributed by atoms with Crippen molar-refractivity contribution >= 4 is 68.7 Å². The van der Waals surface area contributed by atoms with E-state index in [2.05, 4.69) is 33.9 Å². The van der Waals surface area contributed by atoms with Crippen molar-refractivity contribution in [2.75, 3.05) is 62.5 Å². The lowest BCUT2D eigenvalue weighted by atomic mass is 10.0. The minimum Gasteiger partial charge on any atom is -0.495 e. The summed E-state index contributed by atoms with van der Waals surface area (Å²) in [5, 5.41) is 7.20. The number of benzene rings is 3. The highest BCUT2D eigenvalue weighted by atomic mass is 35.5. The third-order valence-corrected chi connectivity index (χ3v) is 8.40. The number of carbonyl (C=O) groups is 2. The van der Waals surface area contributed by atoms with Gasteiger partial charge in [-0.05, 0) is 61.2 Å². The first-order valence-electron chi connectivity index (χ1n) is 14.1. The molecule has 3 aromatic carbocycles. The van der Waals surface area contributed by atoms with Gasteiger partial charge in [-0.3, -0.25) is 9.59 Å². The van der Waals surface area contributed by atoms with Gasteiger partial charge in [0.1, 0.15) is 17.3 Å². The van der Waals surface area contributed by atoms with Gasteiger partial charge in [0.25, 0.3) is 0 Å². The van der Waals surface area contributed by atoms with Gasteiger partial charge in [-0.2, -0.15) is 0 Å². The monoisotopic (exact) mass is 633 g/mol. The molecule has 44 heavy (non-hydrogen) atoms. The lowest BCUT2D eigenvalue weighted by Gasteiger charge is -2.35. The number of hydrogen-bond donors (Lipinski definition) is 2. The highest BCUT2D eigenvalue weighted by Crippen LogP contribution is 2.41. The summed E-state index contributed by atoms with van der Waals surface area (Å²) in [6, 6.07) is 16.3. The maximum atomic E-state index is 13.5. The van der Waals surface area contributed by atoms with Gasteiger partial charge >= 0.3 is 0 Å². The molecule has 1 aliphatic heterocycles. The third kappa shape index (κ3) is 6.45. The highest BCUT2D eigenvalue weighted by Gasteiger charge is 2.24. The number of methoxy groups -OCH3 is 2. The second-order valence-electron chi connectivity index (χ2n) is 10.2. The predicted molar refractivity (Wildman–Crippen MR) is 178 cm³/mol. The molecule has 228 valence electrons. The zero-order valence-electron chi connectivity index (χ0n) is 24.7. The summed E-state index contributed by atoms with van der Waals surface area (Å²) in [5.41, 5.74) is 3.47. The van der Waals surface area contributed by atoms with Crippen molar-refractivity contribution in [3.8, 4) is 11.5 Å². The van der Waals surface area contributed by atoms with E-state index in [1.54, 1.807) is 18.2 Å². The average molecular weight is 635 g/mol. The summed E-state index contributed by atoms with van der Waals surface area (Å²) in [7, 11) is 2.91. The molecular formula is C33H33Cl2N5O4. The molecule has 11 heteroatoms. The highest BCUT2D eigenvalue weighted by molar-refractivity contribution is 6.42. The van der Waals surface area contributed by atoms with Gasteiger partial charge in [0, 0.05) is 48.9 Å². The molecule has 2 N–H and O–H groups in total. The van der Waals surface area contributed by atoms with E-state index in [0.29, 0.717) is 28.3 Å². The standard InChI is InChI=1S/C33H33Cl2N5O4/c1-5-29(41)38-25-18-22(40-15-13-39(6-2)14-16-40)9-11-24(25)37-28-12-8-20-17-21(7-10-23(20)36-28)33(42)30-31(34)26(43-3)19-27(44-4)32(30)35/h5,7-12,17-19H,1,6,13-16H2,2-4H3,(H,36,37)(H,38,41). The minimum absolute atomic E-state index is 0.0971. The maximum Gasteiger partial charge on any atom is 0.247 e. The molecule has 4 aromatic rings. The van der Waals surface area contributed by atoms with Crippen LogP contribution >= 0.6 is 23.2 Å². The SMILES string of the molecule is C=CC(=O)Nc1cc(N2CCN(CC)CC2)ccc1Nc1ccc2cc(C(=O)c3c(Cl)c(OC)cc(OC)c3Cl)ccc2n1. The molecule has 0 saturated carbocycles. The van der Waals surface area contributed by atoms with Gasteiger partial charge in [-0.15, -0.1) is 0 Å². The molecule has 1 aromatic heterocycles. The first-order chi connectivity index (χ1) is 21.3. The van der Waals surface area contributed by atoms with Crippen molar-refractivity contribution in [2.45, 2.75) is 6.92 Å². The number of piperazine rings is 1. The Balaban J connectivity index is 1.41. The molecule has 0 bridgehead atoms. The van der Waals surface area contributed by atoms with Crippen LogP contribution in [0.5, 0.6) is 11.5 Å². The molecule has 1 saturated heterocycles. The van der Waals surface area contributed by atoms with E-state index in [-0.39, 0.29) is 38.8 Å². The molecule has 5 rings (SSSR count). The largest absolute Gasteiger partial charge is 0.495 e. The molecule has 0 aliphatic carbocycles. The first-order valence-corrected chi connectivity index (χ1v) is 14.9. The molecule has 0 unspecified atom stereocenters. The number of ether oxygens (including phenoxy) is 2. The van der Waals surface area contributed by atoms with Crippen LogP contribution in [0.25, 0.3) is 10.9 Å². The number of fused-ring (bicyclic) bond motifs is 1. The molecular weight excluding hydrogens is 601 g/mol. The molecule has 1 fully saturated rings. The number of anilines is 4. The molecule has 2 heterocycles. The maximum absolute atomic E-state index is 13.5. The molecule has 0 spiro atoms. The van der Waals surface area contributed by atoms with Crippen molar-refractivity contribution in [3.05, 3.63) is 88.4 Å². The second kappa shape index (κ2) is 13.5. The van der Waals surface area contributed by atoms with E-state index >= 15 is 0 Å². The fourth-order valence-electron chi connectivity index (χ4n) is 5.15. The zero-order chi connectivity index (χ0) is 31.4. The zero-order valence-corrected chi connectivity index (χ0v) is 26.3. The average Bonchev–Trinajstić information content (AvgIpc) is 3.05. The minimum atomic E-state index is -0.375. The Hall–Kier alpha value is -4.31. The summed E-state index contributed by atoms with van der Waals surface area (Å²) < 4.78 is 10.6. The predicted octanol–water partition coefficient (Wildman–Crippen LogP) is 6.80. The lowest BCUT2D eigenvalue weighted by molar-refractivity contribution is -0.111. The Kier molecular flexibility index (Phi) is 9.58. The third-order valence-electron chi connectivity index (χ3n) is 7.65. The number of halogens is 2. The van der Waals surface area contributed by atoms with Crippen LogP contribution in [0.3, 0.4) is 0 Å². The number of nitrogens with zero attached hydrogens (tertiary/aromatic N) is 3. The number of ketones is 1. The van der Waals surface area contributed by atoms with Crippen molar-refractivity contribution in [3.63, 3.8) is 0 Å². The smallest absolute Gasteiger partial charge is 0.247 e. The fraction of sp³-hybridized carbons (Fsp3) is 0.242. The number of hydrogen-bond acceptors (Lipinski definition) is 8. The summed E-state index contributed by atoms with van der Waals surface area (Å²) in [6.07, 6.45) is 1.24. The quantitative estimate of drug-likeness (QED) is 0.145. The number of pyridine rings is 1. The van der Waals surface area contributed by atoms with Gasteiger partial charge in [0.05, 0.1) is 46.7 Å². The van der Waals surface area contributed by atoms with E-state index in [9.17, 15) is 9.59 Å². The van der Waals surface area contributed by atoms with E-state index in [0.717, 1.165) is 43.8 Å². The second-order valence-corrected chi connectivity index (χ2v) is 10.9. The van der Waals surface area contributed by atoms with Crippen LogP contribution in [-0.4, -0.2) is 68.5 Å². The summed E-state index contributed by atoms with van der Waals surface area (Å²) in [5.74, 6) is 0.451.